The van der Waals surface area contributed by atoms with Crippen molar-refractivity contribution in [2.75, 3.05) is 12.0 Å². The molecule has 0 radical (unpaired) electrons. The van der Waals surface area contributed by atoms with Crippen molar-refractivity contribution in [3.63, 3.8) is 0 Å². The van der Waals surface area contributed by atoms with Crippen LogP contribution >= 0.6 is 11.6 Å². The lowest BCUT2D eigenvalue weighted by Gasteiger charge is -2.26. The number of hydrogen-bond donors (Lipinski definition) is 0. The number of carbonyl (C=O) groups is 3. The van der Waals surface area contributed by atoms with Crippen molar-refractivity contribution >= 4 is 39.2 Å². The van der Waals surface area contributed by atoms with Gasteiger partial charge in [0, 0.05) is 11.3 Å². The van der Waals surface area contributed by atoms with E-state index in [1.165, 1.54) is 18.2 Å². The van der Waals surface area contributed by atoms with Crippen LogP contribution in [0.15, 0.2) is 42.5 Å². The lowest BCUT2D eigenvalue weighted by atomic mass is 10.1. The number of nitrogens with zero attached hydrogens (tertiary/aromatic N) is 1. The molecule has 2 aromatic rings. The van der Waals surface area contributed by atoms with Crippen LogP contribution in [0.25, 0.3) is 0 Å². The first-order valence-electron chi connectivity index (χ1n) is 8.41. The lowest BCUT2D eigenvalue weighted by Crippen LogP contribution is -2.51. The number of carbonyl (C=O) groups excluding carboxylic acids is 3. The normalized spacial score (nSPS) is 14.6. The molecule has 10 heteroatoms. The van der Waals surface area contributed by atoms with Gasteiger partial charge in [-0.1, -0.05) is 11.6 Å². The van der Waals surface area contributed by atoms with E-state index in [1.54, 1.807) is 24.3 Å². The largest absolute Gasteiger partial charge is 0.548 e. The maximum atomic E-state index is 12.7. The van der Waals surface area contributed by atoms with E-state index in [9.17, 15) is 27.9 Å². The Morgan fingerprint density at radius 2 is 1.66 bits per heavy atom. The van der Waals surface area contributed by atoms with Crippen LogP contribution in [0.3, 0.4) is 0 Å². The van der Waals surface area contributed by atoms with Crippen molar-refractivity contribution in [2.24, 2.45) is 0 Å². The van der Waals surface area contributed by atoms with Gasteiger partial charge in [0.25, 0.3) is 11.8 Å². The summed E-state index contributed by atoms with van der Waals surface area (Å²) in [6, 6.07) is 8.92. The van der Waals surface area contributed by atoms with E-state index in [4.69, 9.17) is 16.3 Å². The van der Waals surface area contributed by atoms with Gasteiger partial charge in [-0.25, -0.2) is 8.42 Å². The molecule has 0 aromatic heterocycles. The molecule has 0 saturated heterocycles. The second-order valence-corrected chi connectivity index (χ2v) is 9.19. The van der Waals surface area contributed by atoms with Gasteiger partial charge in [0.2, 0.25) is 0 Å². The molecule has 2 aromatic carbocycles. The van der Waals surface area contributed by atoms with Crippen molar-refractivity contribution in [1.29, 1.82) is 0 Å². The molecule has 0 spiro atoms. The lowest BCUT2D eigenvalue weighted by molar-refractivity contribution is -0.310. The monoisotopic (exact) mass is 436 g/mol. The molecular weight excluding hydrogens is 422 g/mol. The van der Waals surface area contributed by atoms with Crippen LogP contribution in [0.2, 0.25) is 5.02 Å². The number of carboxylic acids is 1. The number of carboxylic acid groups (broad SMARTS) is 1. The number of benzene rings is 2. The predicted octanol–water partition coefficient (Wildman–Crippen LogP) is 1.28. The number of fused-ring (bicyclic) bond motifs is 1. The van der Waals surface area contributed by atoms with E-state index >= 15 is 0 Å². The number of aliphatic carboxylic acids is 1. The summed E-state index contributed by atoms with van der Waals surface area (Å²) in [5, 5.41) is 12.0. The third-order valence-electron chi connectivity index (χ3n) is 4.28. The highest BCUT2D eigenvalue weighted by Gasteiger charge is 2.41. The molecule has 0 aliphatic carbocycles. The fraction of sp³-hybridized carbons (Fsp3) is 0.211. The molecule has 1 aliphatic heterocycles. The minimum absolute atomic E-state index is 0.00376. The third kappa shape index (κ3) is 4.57. The standard InChI is InChI=1S/C19H16ClNO7S/c1-29(26,27)9-8-16(19(24)25)21-17(22)14-7-6-13(10-15(14)18(21)23)28-12-4-2-11(20)3-5-12/h2-7,10,16H,8-9H2,1H3,(H,24,25)/p-1. The first kappa shape index (κ1) is 20.8. The Kier molecular flexibility index (Phi) is 5.63. The molecule has 29 heavy (non-hydrogen) atoms. The molecule has 0 N–H and O–H groups in total. The minimum Gasteiger partial charge on any atom is -0.548 e. The highest BCUT2D eigenvalue weighted by molar-refractivity contribution is 7.90. The molecule has 0 fully saturated rings. The highest BCUT2D eigenvalue weighted by Crippen LogP contribution is 2.31. The molecule has 1 heterocycles. The third-order valence-corrected chi connectivity index (χ3v) is 5.51. The van der Waals surface area contributed by atoms with Crippen LogP contribution in [0, 0.1) is 0 Å². The average molecular weight is 437 g/mol. The van der Waals surface area contributed by atoms with E-state index in [0.29, 0.717) is 15.7 Å². The maximum Gasteiger partial charge on any atom is 0.262 e. The number of rotatable bonds is 7. The molecule has 1 atom stereocenters. The molecule has 0 bridgehead atoms. The minimum atomic E-state index is -3.50. The molecule has 152 valence electrons. The summed E-state index contributed by atoms with van der Waals surface area (Å²) < 4.78 is 28.4. The van der Waals surface area contributed by atoms with E-state index in [1.807, 2.05) is 0 Å². The smallest absolute Gasteiger partial charge is 0.262 e. The van der Waals surface area contributed by atoms with Gasteiger partial charge in [0.05, 0.1) is 28.9 Å². The second-order valence-electron chi connectivity index (χ2n) is 6.50. The Bertz CT molecular complexity index is 1100. The van der Waals surface area contributed by atoms with Crippen LogP contribution < -0.4 is 9.84 Å². The van der Waals surface area contributed by atoms with Crippen molar-refractivity contribution in [2.45, 2.75) is 12.5 Å². The van der Waals surface area contributed by atoms with Gasteiger partial charge in [-0.3, -0.25) is 14.5 Å². The van der Waals surface area contributed by atoms with Crippen LogP contribution in [-0.4, -0.2) is 49.2 Å². The summed E-state index contributed by atoms with van der Waals surface area (Å²) >= 11 is 5.82. The fourth-order valence-corrected chi connectivity index (χ4v) is 3.68. The fourth-order valence-electron chi connectivity index (χ4n) is 2.90. The Balaban J connectivity index is 1.87. The summed E-state index contributed by atoms with van der Waals surface area (Å²) in [4.78, 5) is 37.3. The second kappa shape index (κ2) is 7.84. The molecule has 1 aliphatic rings. The van der Waals surface area contributed by atoms with Gasteiger partial charge in [-0.15, -0.1) is 0 Å². The van der Waals surface area contributed by atoms with Gasteiger partial charge >= 0.3 is 0 Å². The molecule has 2 amide bonds. The first-order valence-corrected chi connectivity index (χ1v) is 10.8. The summed E-state index contributed by atoms with van der Waals surface area (Å²) in [5.41, 5.74) is -0.0314. The SMILES string of the molecule is CS(=O)(=O)CCC(C(=O)[O-])N1C(=O)c2ccc(Oc3ccc(Cl)cc3)cc2C1=O. The average Bonchev–Trinajstić information content (AvgIpc) is 2.87. The van der Waals surface area contributed by atoms with Crippen LogP contribution in [0.1, 0.15) is 27.1 Å². The number of halogens is 1. The zero-order valence-electron chi connectivity index (χ0n) is 15.1. The van der Waals surface area contributed by atoms with Gasteiger partial charge in [0.1, 0.15) is 21.3 Å². The van der Waals surface area contributed by atoms with Crippen LogP contribution in [0.4, 0.5) is 0 Å². The number of ether oxygens (including phenoxy) is 1. The molecule has 0 saturated carbocycles. The zero-order chi connectivity index (χ0) is 21.3. The molecular formula is C19H15ClNO7S-. The number of sulfone groups is 1. The predicted molar refractivity (Wildman–Crippen MR) is 102 cm³/mol. The summed E-state index contributed by atoms with van der Waals surface area (Å²) in [6.07, 6.45) is 0.475. The molecule has 3 rings (SSSR count). The van der Waals surface area contributed by atoms with Gasteiger partial charge in [0.15, 0.2) is 0 Å². The first-order chi connectivity index (χ1) is 13.6. The summed E-state index contributed by atoms with van der Waals surface area (Å²) in [7, 11) is -3.50. The van der Waals surface area contributed by atoms with E-state index < -0.39 is 45.8 Å². The quantitative estimate of drug-likeness (QED) is 0.599. The van der Waals surface area contributed by atoms with E-state index in [0.717, 1.165) is 6.26 Å². The van der Waals surface area contributed by atoms with Gasteiger partial charge in [-0.2, -0.15) is 0 Å². The van der Waals surface area contributed by atoms with Gasteiger partial charge in [-0.05, 0) is 48.9 Å². The highest BCUT2D eigenvalue weighted by atomic mass is 35.5. The Labute approximate surface area is 171 Å². The Morgan fingerprint density at radius 1 is 1.07 bits per heavy atom. The summed E-state index contributed by atoms with van der Waals surface area (Å²) in [5.74, 6) is -3.19. The number of hydrogen-bond acceptors (Lipinski definition) is 7. The summed E-state index contributed by atoms with van der Waals surface area (Å²) in [6.45, 7) is 0. The van der Waals surface area contributed by atoms with Gasteiger partial charge < -0.3 is 14.6 Å². The van der Waals surface area contributed by atoms with Crippen molar-refractivity contribution < 1.29 is 32.6 Å². The van der Waals surface area contributed by atoms with Crippen LogP contribution in [0.5, 0.6) is 11.5 Å². The number of imide groups is 1. The zero-order valence-corrected chi connectivity index (χ0v) is 16.7. The Hall–Kier alpha value is -2.91. The topological polar surface area (TPSA) is 121 Å². The molecule has 8 nitrogen and oxygen atoms in total. The van der Waals surface area contributed by atoms with Crippen molar-refractivity contribution in [1.82, 2.24) is 4.90 Å². The van der Waals surface area contributed by atoms with Crippen LogP contribution in [-0.2, 0) is 14.6 Å². The van der Waals surface area contributed by atoms with Crippen molar-refractivity contribution in [3.8, 4) is 11.5 Å². The number of amides is 2. The van der Waals surface area contributed by atoms with E-state index in [2.05, 4.69) is 0 Å². The van der Waals surface area contributed by atoms with Crippen molar-refractivity contribution in [3.05, 3.63) is 58.6 Å². The van der Waals surface area contributed by atoms with E-state index in [-0.39, 0.29) is 16.9 Å². The molecule has 1 unspecified atom stereocenters. The maximum absolute atomic E-state index is 12.7. The Morgan fingerprint density at radius 3 is 2.24 bits per heavy atom.